The number of nitrogens with zero attached hydrogens (tertiary/aromatic N) is 3. The number of ketones is 1. The number of hydrogen-bond donors (Lipinski definition) is 4. The summed E-state index contributed by atoms with van der Waals surface area (Å²) in [6.07, 6.45) is -2.36. The third-order valence-electron chi connectivity index (χ3n) is 10.2. The van der Waals surface area contributed by atoms with E-state index >= 15 is 0 Å². The number of H-pyrrole nitrogens is 1. The number of likely N-dealkylation sites (tertiary alicyclic amines) is 1. The van der Waals surface area contributed by atoms with Gasteiger partial charge in [-0.25, -0.2) is 9.07 Å². The van der Waals surface area contributed by atoms with Gasteiger partial charge in [0.05, 0.1) is 40.2 Å². The third-order valence-corrected chi connectivity index (χ3v) is 12.0. The van der Waals surface area contributed by atoms with E-state index in [1.165, 1.54) is 41.2 Å². The molecule has 0 amide bonds. The van der Waals surface area contributed by atoms with Crippen LogP contribution in [-0.4, -0.2) is 71.3 Å². The molecule has 5 N–H and O–H groups in total. The van der Waals surface area contributed by atoms with E-state index < -0.39 is 33.9 Å². The van der Waals surface area contributed by atoms with Crippen molar-refractivity contribution < 1.29 is 40.9 Å². The van der Waals surface area contributed by atoms with Crippen molar-refractivity contribution in [2.24, 2.45) is 0 Å². The Bertz CT molecular complexity index is 2410. The summed E-state index contributed by atoms with van der Waals surface area (Å²) in [6, 6.07) is 21.4. The number of fused-ring (bicyclic) bond motifs is 1. The lowest BCUT2D eigenvalue weighted by Gasteiger charge is -2.52. The summed E-state index contributed by atoms with van der Waals surface area (Å²) in [4.78, 5) is 19.2. The van der Waals surface area contributed by atoms with E-state index in [0.29, 0.717) is 65.3 Å². The Hall–Kier alpha value is -5.35. The highest BCUT2D eigenvalue weighted by Gasteiger charge is 2.39. The van der Waals surface area contributed by atoms with Gasteiger partial charge in [0.15, 0.2) is 11.6 Å². The van der Waals surface area contributed by atoms with Gasteiger partial charge in [0.2, 0.25) is 5.78 Å². The number of carbonyl (C=O) groups excluding carboxylic acids is 1. The van der Waals surface area contributed by atoms with E-state index in [0.717, 1.165) is 6.07 Å². The molecule has 2 aromatic heterocycles. The van der Waals surface area contributed by atoms with E-state index in [-0.39, 0.29) is 51.8 Å². The van der Waals surface area contributed by atoms with Crippen LogP contribution < -0.4 is 15.2 Å². The number of nitrogens with two attached hydrogens (primary N) is 1. The molecule has 2 fully saturated rings. The van der Waals surface area contributed by atoms with Crippen LogP contribution in [0.3, 0.4) is 0 Å². The topological polar surface area (TPSA) is 139 Å². The van der Waals surface area contributed by atoms with Crippen molar-refractivity contribution in [2.45, 2.75) is 38.1 Å². The molecular formula is C40H37F4N5O5S. The number of halogens is 4. The average molecular weight is 776 g/mol. The van der Waals surface area contributed by atoms with Crippen LogP contribution in [0.4, 0.5) is 23.4 Å². The van der Waals surface area contributed by atoms with Crippen LogP contribution in [0, 0.1) is 12.7 Å². The molecule has 0 unspecified atom stereocenters. The Morgan fingerprint density at radius 3 is 2.36 bits per heavy atom. The van der Waals surface area contributed by atoms with Gasteiger partial charge in [-0.3, -0.25) is 18.8 Å². The minimum Gasteiger partial charge on any atom is -0.490 e. The highest BCUT2D eigenvalue weighted by atomic mass is 32.3. The Balaban J connectivity index is 1.08. The summed E-state index contributed by atoms with van der Waals surface area (Å²) >= 11 is 0. The fourth-order valence-corrected chi connectivity index (χ4v) is 8.84. The van der Waals surface area contributed by atoms with Gasteiger partial charge in [-0.2, -0.15) is 28.9 Å². The van der Waals surface area contributed by atoms with Crippen molar-refractivity contribution in [3.63, 3.8) is 0 Å². The number of carbonyl (C=O) groups is 1. The van der Waals surface area contributed by atoms with Crippen LogP contribution >= 0.6 is 10.6 Å². The predicted molar refractivity (Wildman–Crippen MR) is 203 cm³/mol. The SMILES string of the molecule is Cc1cc(-n2ncc(C(=O)c3cc4cc(OC5CCN(C6CS(O)(O)C6)CC5)c(-c5ccccc5C(F)(F)F)cc4[nH]3)c2N)ccc1Oc1ccccc1F. The van der Waals surface area contributed by atoms with Crippen LogP contribution in [0.2, 0.25) is 0 Å². The van der Waals surface area contributed by atoms with E-state index in [2.05, 4.69) is 15.0 Å². The Morgan fingerprint density at radius 2 is 1.65 bits per heavy atom. The number of aromatic nitrogens is 3. The highest BCUT2D eigenvalue weighted by Crippen LogP contribution is 2.51. The molecule has 2 aliphatic rings. The van der Waals surface area contributed by atoms with E-state index in [1.807, 2.05) is 0 Å². The Morgan fingerprint density at radius 1 is 0.927 bits per heavy atom. The lowest BCUT2D eigenvalue weighted by Crippen LogP contribution is -2.54. The van der Waals surface area contributed by atoms with E-state index in [1.54, 1.807) is 55.5 Å². The molecule has 10 nitrogen and oxygen atoms in total. The van der Waals surface area contributed by atoms with Gasteiger partial charge in [0, 0.05) is 35.6 Å². The number of nitrogen functional groups attached to an aromatic ring is 1. The number of piperidine rings is 1. The molecule has 0 atom stereocenters. The monoisotopic (exact) mass is 775 g/mol. The van der Waals surface area contributed by atoms with Gasteiger partial charge in [0.25, 0.3) is 0 Å². The molecule has 4 heterocycles. The van der Waals surface area contributed by atoms with Gasteiger partial charge in [0.1, 0.15) is 23.4 Å². The number of benzene rings is 4. The van der Waals surface area contributed by atoms with Gasteiger partial charge in [-0.05, 0) is 85.5 Å². The molecule has 15 heteroatoms. The number of para-hydroxylation sites is 1. The molecule has 0 bridgehead atoms. The third kappa shape index (κ3) is 7.27. The zero-order valence-corrected chi connectivity index (χ0v) is 30.3. The lowest BCUT2D eigenvalue weighted by molar-refractivity contribution is -0.137. The summed E-state index contributed by atoms with van der Waals surface area (Å²) in [5.41, 5.74) is 7.71. The first-order valence-corrected chi connectivity index (χ1v) is 19.5. The van der Waals surface area contributed by atoms with Crippen LogP contribution in [0.25, 0.3) is 27.7 Å². The molecular weight excluding hydrogens is 739 g/mol. The van der Waals surface area contributed by atoms with E-state index in [9.17, 15) is 31.5 Å². The highest BCUT2D eigenvalue weighted by molar-refractivity contribution is 8.25. The maximum absolute atomic E-state index is 14.3. The minimum atomic E-state index is -4.63. The second-order valence-corrected chi connectivity index (χ2v) is 16.2. The van der Waals surface area contributed by atoms with Gasteiger partial charge in [-0.15, -0.1) is 0 Å². The summed E-state index contributed by atoms with van der Waals surface area (Å²) in [7, 11) is -2.48. The summed E-state index contributed by atoms with van der Waals surface area (Å²) in [6.45, 7) is 3.10. The van der Waals surface area contributed by atoms with Crippen LogP contribution in [0.5, 0.6) is 17.2 Å². The summed E-state index contributed by atoms with van der Waals surface area (Å²) in [5, 5.41) is 4.91. The minimum absolute atomic E-state index is 0.0578. The number of rotatable bonds is 9. The van der Waals surface area contributed by atoms with Crippen LogP contribution in [0.1, 0.15) is 40.0 Å². The Kier molecular flexibility index (Phi) is 9.36. The van der Waals surface area contributed by atoms with E-state index in [4.69, 9.17) is 15.2 Å². The summed E-state index contributed by atoms with van der Waals surface area (Å²) < 4.78 is 90.4. The van der Waals surface area contributed by atoms with Crippen molar-refractivity contribution in [1.29, 1.82) is 0 Å². The molecule has 2 saturated heterocycles. The number of nitrogens with one attached hydrogen (secondary N) is 1. The van der Waals surface area contributed by atoms with Crippen LogP contribution in [0.15, 0.2) is 91.1 Å². The number of hydrogen-bond acceptors (Lipinski definition) is 8. The van der Waals surface area contributed by atoms with Gasteiger partial charge < -0.3 is 20.2 Å². The lowest BCUT2D eigenvalue weighted by atomic mass is 9.97. The zero-order valence-electron chi connectivity index (χ0n) is 29.5. The normalized spacial score (nSPS) is 17.2. The van der Waals surface area contributed by atoms with Crippen molar-refractivity contribution in [1.82, 2.24) is 19.7 Å². The molecule has 6 aromatic rings. The molecule has 4 aromatic carbocycles. The molecule has 0 radical (unpaired) electrons. The molecule has 8 rings (SSSR count). The standard InChI is InChI=1S/C40H37F4N5O5S/c1-23-16-25(10-11-35(23)54-36-9-5-4-8-32(36)41)49-39(45)30(20-46-49)38(50)34-17-24-18-37(53-27-12-14-48(15-13-27)26-21-55(51,52)22-26)29(19-33(24)47-34)28-6-2-3-7-31(28)40(42,43)44/h2-11,16-20,26-27,47,51-52H,12-15,21-22,45H2,1H3. The molecule has 0 saturated carbocycles. The smallest absolute Gasteiger partial charge is 0.417 e. The first kappa shape index (κ1) is 36.6. The molecule has 55 heavy (non-hydrogen) atoms. The second kappa shape index (κ2) is 14.1. The van der Waals surface area contributed by atoms with Crippen molar-refractivity contribution in [2.75, 3.05) is 30.3 Å². The first-order chi connectivity index (χ1) is 26.2. The van der Waals surface area contributed by atoms with Crippen molar-refractivity contribution in [3.8, 4) is 34.1 Å². The fourth-order valence-electron chi connectivity index (χ4n) is 7.28. The Labute approximate surface area is 314 Å². The molecule has 0 aliphatic carbocycles. The first-order valence-electron chi connectivity index (χ1n) is 17.6. The number of aryl methyl sites for hydroxylation is 1. The maximum Gasteiger partial charge on any atom is 0.417 e. The maximum atomic E-state index is 14.3. The quantitative estimate of drug-likeness (QED) is 0.0843. The second-order valence-electron chi connectivity index (χ2n) is 14.0. The van der Waals surface area contributed by atoms with Crippen LogP contribution in [-0.2, 0) is 6.18 Å². The van der Waals surface area contributed by atoms with Crippen molar-refractivity contribution in [3.05, 3.63) is 119 Å². The largest absolute Gasteiger partial charge is 0.490 e. The molecule has 2 aliphatic heterocycles. The predicted octanol–water partition coefficient (Wildman–Crippen LogP) is 9.07. The number of aromatic amines is 1. The molecule has 286 valence electrons. The number of alkyl halides is 3. The van der Waals surface area contributed by atoms with Crippen molar-refractivity contribution >= 4 is 33.1 Å². The summed E-state index contributed by atoms with van der Waals surface area (Å²) in [5.74, 6) is 0.556. The van der Waals surface area contributed by atoms with Gasteiger partial charge >= 0.3 is 6.18 Å². The molecule has 0 spiro atoms. The van der Waals surface area contributed by atoms with Gasteiger partial charge in [-0.1, -0.05) is 30.3 Å². The number of anilines is 1. The zero-order chi connectivity index (χ0) is 38.6. The fraction of sp³-hybridized carbons (Fsp3) is 0.250. The average Bonchev–Trinajstić information content (AvgIpc) is 3.74. The number of ether oxygens (including phenoxy) is 2.